The summed E-state index contributed by atoms with van der Waals surface area (Å²) in [5.41, 5.74) is 3.50. The molecular weight excluding hydrogens is 585 g/mol. The Morgan fingerprint density at radius 2 is 1.28 bits per heavy atom. The van der Waals surface area contributed by atoms with Crippen LogP contribution in [0.3, 0.4) is 0 Å². The van der Waals surface area contributed by atoms with Gasteiger partial charge in [0, 0.05) is 6.04 Å². The van der Waals surface area contributed by atoms with Gasteiger partial charge in [0.05, 0.1) is 0 Å². The van der Waals surface area contributed by atoms with E-state index in [0.717, 1.165) is 5.92 Å². The van der Waals surface area contributed by atoms with Crippen LogP contribution in [0.5, 0.6) is 0 Å². The van der Waals surface area contributed by atoms with E-state index < -0.39 is 0 Å². The Morgan fingerprint density at radius 1 is 0.846 bits per heavy atom. The molecule has 0 aromatic carbocycles. The molecule has 0 radical (unpaired) electrons. The van der Waals surface area contributed by atoms with Crippen molar-refractivity contribution in [3.05, 3.63) is 11.6 Å². The average Bonchev–Trinajstić information content (AvgIpc) is 2.82. The summed E-state index contributed by atoms with van der Waals surface area (Å²) in [6.45, 7) is 40.9. The van der Waals surface area contributed by atoms with Crippen molar-refractivity contribution in [3.63, 3.8) is 0 Å². The van der Waals surface area contributed by atoms with Gasteiger partial charge in [0.15, 0.2) is 0 Å². The molecule has 2 atom stereocenters. The fraction of sp³-hybridized carbons (Fsp3) is 0.946. The molecule has 2 unspecified atom stereocenters. The van der Waals surface area contributed by atoms with E-state index in [4.69, 9.17) is 0 Å². The lowest BCUT2D eigenvalue weighted by Crippen LogP contribution is -2.42. The predicted octanol–water partition coefficient (Wildman–Crippen LogP) is 13.0. The van der Waals surface area contributed by atoms with Gasteiger partial charge in [0.2, 0.25) is 0 Å². The maximum atomic E-state index is 2.77. The standard InChI is InChI=1S/C34H67N.C2H6.CH3I/c1-15-29(6)24-30(7,8)16-18-33(13)20-22-35(28(4)5)23-21-34(14,26-33)19-17-31(9,10)25-32(11,12)27(2)3;2*1-2/h24,27-28H,15-23,25-26H2,1-14H3;1-2H3;1H3/b29-24+;;. The van der Waals surface area contributed by atoms with Crippen molar-refractivity contribution in [2.24, 2.45) is 33.0 Å². The Labute approximate surface area is 263 Å². The second-order valence-electron chi connectivity index (χ2n) is 16.2. The molecule has 0 aromatic rings. The molecule has 0 saturated carbocycles. The first kappa shape index (κ1) is 41.6. The fourth-order valence-electron chi connectivity index (χ4n) is 6.72. The van der Waals surface area contributed by atoms with E-state index in [1.807, 2.05) is 18.8 Å². The summed E-state index contributed by atoms with van der Waals surface area (Å²) in [5.74, 6) is 0.732. The highest BCUT2D eigenvalue weighted by molar-refractivity contribution is 14.1. The summed E-state index contributed by atoms with van der Waals surface area (Å²) >= 11 is 2.15. The first-order valence-electron chi connectivity index (χ1n) is 16.5. The van der Waals surface area contributed by atoms with Crippen LogP contribution in [0.4, 0.5) is 0 Å². The third-order valence-corrected chi connectivity index (χ3v) is 10.1. The molecule has 236 valence electrons. The zero-order valence-electron chi connectivity index (χ0n) is 30.3. The summed E-state index contributed by atoms with van der Waals surface area (Å²) in [6, 6.07) is 0.650. The van der Waals surface area contributed by atoms with E-state index in [1.54, 1.807) is 5.57 Å². The van der Waals surface area contributed by atoms with Gasteiger partial charge in [-0.3, -0.25) is 0 Å². The molecule has 1 saturated heterocycles. The van der Waals surface area contributed by atoms with Gasteiger partial charge in [0.1, 0.15) is 0 Å². The topological polar surface area (TPSA) is 3.24 Å². The monoisotopic (exact) mass is 662 g/mol. The molecule has 1 heterocycles. The van der Waals surface area contributed by atoms with Crippen molar-refractivity contribution < 1.29 is 0 Å². The molecule has 1 aliphatic heterocycles. The van der Waals surface area contributed by atoms with Gasteiger partial charge in [-0.1, -0.05) is 124 Å². The molecule has 0 amide bonds. The summed E-state index contributed by atoms with van der Waals surface area (Å²) in [6.07, 6.45) is 14.5. The van der Waals surface area contributed by atoms with Crippen LogP contribution in [0.15, 0.2) is 11.6 Å². The van der Waals surface area contributed by atoms with Crippen LogP contribution in [-0.4, -0.2) is 29.0 Å². The lowest BCUT2D eigenvalue weighted by molar-refractivity contribution is 0.0360. The van der Waals surface area contributed by atoms with Gasteiger partial charge < -0.3 is 4.90 Å². The van der Waals surface area contributed by atoms with E-state index in [0.29, 0.717) is 33.1 Å². The van der Waals surface area contributed by atoms with Gasteiger partial charge in [-0.2, -0.15) is 0 Å². The van der Waals surface area contributed by atoms with Gasteiger partial charge in [-0.05, 0) is 130 Å². The number of nitrogens with zero attached hydrogens (tertiary/aromatic N) is 1. The van der Waals surface area contributed by atoms with Crippen molar-refractivity contribution in [2.75, 3.05) is 18.0 Å². The summed E-state index contributed by atoms with van der Waals surface area (Å²) < 4.78 is 0. The van der Waals surface area contributed by atoms with E-state index in [-0.39, 0.29) is 0 Å². The lowest BCUT2D eigenvalue weighted by Gasteiger charge is -2.47. The number of rotatable bonds is 12. The van der Waals surface area contributed by atoms with Crippen LogP contribution in [0, 0.1) is 33.0 Å². The number of alkyl halides is 1. The Bertz CT molecular complexity index is 671. The minimum Gasteiger partial charge on any atom is -0.301 e. The maximum absolute atomic E-state index is 2.77. The molecule has 0 bridgehead atoms. The molecule has 0 aliphatic carbocycles. The third kappa shape index (κ3) is 16.6. The highest BCUT2D eigenvalue weighted by atomic mass is 127. The zero-order valence-corrected chi connectivity index (χ0v) is 32.5. The van der Waals surface area contributed by atoms with Gasteiger partial charge in [-0.25, -0.2) is 0 Å². The molecule has 1 rings (SSSR count). The smallest absolute Gasteiger partial charge is 0.00385 e. The molecule has 39 heavy (non-hydrogen) atoms. The molecular formula is C37H76IN. The molecule has 1 aliphatic rings. The van der Waals surface area contributed by atoms with Crippen LogP contribution in [-0.2, 0) is 0 Å². The molecule has 0 N–H and O–H groups in total. The second kappa shape index (κ2) is 18.2. The highest BCUT2D eigenvalue weighted by Crippen LogP contribution is 2.50. The second-order valence-corrected chi connectivity index (χ2v) is 16.2. The SMILES string of the molecule is CC.CC/C(C)=C/C(C)(C)CCC1(C)CCN(C(C)C)CCC(C)(CCC(C)(C)CC(C)(C)C(C)C)C1.CI. The first-order chi connectivity index (χ1) is 17.7. The lowest BCUT2D eigenvalue weighted by atomic mass is 9.61. The Hall–Kier alpha value is 0.430. The first-order valence-corrected chi connectivity index (χ1v) is 18.7. The summed E-state index contributed by atoms with van der Waals surface area (Å²) in [7, 11) is 0. The number of halogens is 1. The summed E-state index contributed by atoms with van der Waals surface area (Å²) in [5, 5.41) is 0. The van der Waals surface area contributed by atoms with Crippen molar-refractivity contribution in [1.29, 1.82) is 0 Å². The normalized spacial score (nSPS) is 23.9. The molecule has 0 spiro atoms. The molecule has 1 nitrogen and oxygen atoms in total. The average molecular weight is 662 g/mol. The van der Waals surface area contributed by atoms with Crippen LogP contribution < -0.4 is 0 Å². The number of hydrogen-bond donors (Lipinski definition) is 0. The van der Waals surface area contributed by atoms with E-state index in [1.165, 1.54) is 70.9 Å². The largest absolute Gasteiger partial charge is 0.301 e. The Morgan fingerprint density at radius 3 is 1.67 bits per heavy atom. The zero-order chi connectivity index (χ0) is 31.3. The maximum Gasteiger partial charge on any atom is 0.00385 e. The van der Waals surface area contributed by atoms with Crippen LogP contribution >= 0.6 is 22.6 Å². The molecule has 2 heteroatoms. The number of hydrogen-bond acceptors (Lipinski definition) is 1. The summed E-state index contributed by atoms with van der Waals surface area (Å²) in [4.78, 5) is 4.74. The van der Waals surface area contributed by atoms with Crippen molar-refractivity contribution in [3.8, 4) is 0 Å². The van der Waals surface area contributed by atoms with E-state index in [2.05, 4.69) is 130 Å². The quantitative estimate of drug-likeness (QED) is 0.114. The van der Waals surface area contributed by atoms with Crippen LogP contribution in [0.1, 0.15) is 169 Å². The molecule has 1 fully saturated rings. The Kier molecular flexibility index (Phi) is 19.4. The van der Waals surface area contributed by atoms with Crippen LogP contribution in [0.25, 0.3) is 0 Å². The predicted molar refractivity (Wildman–Crippen MR) is 191 cm³/mol. The molecule has 0 aromatic heterocycles. The fourth-order valence-corrected chi connectivity index (χ4v) is 6.72. The van der Waals surface area contributed by atoms with Crippen molar-refractivity contribution >= 4 is 22.6 Å². The van der Waals surface area contributed by atoms with Crippen molar-refractivity contribution in [1.82, 2.24) is 4.90 Å². The van der Waals surface area contributed by atoms with E-state index in [9.17, 15) is 0 Å². The van der Waals surface area contributed by atoms with Gasteiger partial charge >= 0.3 is 0 Å². The minimum absolute atomic E-state index is 0.296. The van der Waals surface area contributed by atoms with Crippen LogP contribution in [0.2, 0.25) is 0 Å². The number of likely N-dealkylation sites (tertiary alicyclic amines) is 1. The van der Waals surface area contributed by atoms with E-state index >= 15 is 0 Å². The highest BCUT2D eigenvalue weighted by Gasteiger charge is 2.40. The van der Waals surface area contributed by atoms with Gasteiger partial charge in [0.25, 0.3) is 0 Å². The minimum atomic E-state index is 0.296. The third-order valence-electron chi connectivity index (χ3n) is 10.1. The van der Waals surface area contributed by atoms with Crippen molar-refractivity contribution in [2.45, 2.75) is 175 Å². The van der Waals surface area contributed by atoms with Gasteiger partial charge in [-0.15, -0.1) is 0 Å². The number of allylic oxidation sites excluding steroid dienone is 2. The Balaban J connectivity index is 0.